The highest BCUT2D eigenvalue weighted by Gasteiger charge is 2.25. The van der Waals surface area contributed by atoms with Crippen molar-refractivity contribution >= 4 is 33.0 Å². The molecule has 0 saturated carbocycles. The number of hydrogen-bond donors (Lipinski definition) is 0. The largest absolute Gasteiger partial charge is 0.252 e. The molecule has 8 heteroatoms. The molecule has 1 aromatic rings. The summed E-state index contributed by atoms with van der Waals surface area (Å²) < 4.78 is 48.3. The van der Waals surface area contributed by atoms with Crippen molar-refractivity contribution in [1.82, 2.24) is 4.31 Å². The molecule has 0 saturated heterocycles. The van der Waals surface area contributed by atoms with E-state index in [4.69, 9.17) is 11.6 Å². The molecule has 92 valence electrons. The van der Waals surface area contributed by atoms with E-state index >= 15 is 0 Å². The zero-order chi connectivity index (χ0) is 12.3. The molecule has 1 rings (SSSR count). The van der Waals surface area contributed by atoms with Crippen molar-refractivity contribution in [2.75, 3.05) is 13.6 Å². The van der Waals surface area contributed by atoms with Gasteiger partial charge in [0.05, 0.1) is 12.4 Å². The van der Waals surface area contributed by atoms with Gasteiger partial charge in [0.1, 0.15) is 4.21 Å². The van der Waals surface area contributed by atoms with Crippen LogP contribution in [0.4, 0.5) is 8.78 Å². The Bertz CT molecular complexity index is 447. The Morgan fingerprint density at radius 3 is 2.56 bits per heavy atom. The Labute approximate surface area is 102 Å². The smallest absolute Gasteiger partial charge is 0.209 e. The fourth-order valence-corrected chi connectivity index (χ4v) is 3.83. The van der Waals surface area contributed by atoms with E-state index in [-0.39, 0.29) is 10.1 Å². The van der Waals surface area contributed by atoms with Crippen LogP contribution < -0.4 is 0 Å². The van der Waals surface area contributed by atoms with Gasteiger partial charge in [-0.1, -0.05) is 0 Å². The number of nitrogens with zero attached hydrogens (tertiary/aromatic N) is 1. The fourth-order valence-electron chi connectivity index (χ4n) is 1.01. The Kier molecular flexibility index (Phi) is 4.66. The van der Waals surface area contributed by atoms with Crippen LogP contribution in [0.3, 0.4) is 0 Å². The summed E-state index contributed by atoms with van der Waals surface area (Å²) in [6, 6.07) is 2.94. The first-order chi connectivity index (χ1) is 7.37. The molecule has 0 fully saturated rings. The molecule has 0 amide bonds. The van der Waals surface area contributed by atoms with Crippen molar-refractivity contribution in [3.05, 3.63) is 17.0 Å². The quantitative estimate of drug-likeness (QED) is 0.781. The van der Waals surface area contributed by atoms with Crippen LogP contribution >= 0.6 is 22.9 Å². The molecule has 0 unspecified atom stereocenters. The molecule has 0 N–H and O–H groups in total. The monoisotopic (exact) mass is 289 g/mol. The minimum Gasteiger partial charge on any atom is -0.209 e. The molecule has 0 bridgehead atoms. The number of alkyl halides is 3. The lowest BCUT2D eigenvalue weighted by molar-refractivity contribution is 0.126. The predicted octanol–water partition coefficient (Wildman–Crippen LogP) is 2.37. The fraction of sp³-hybridized carbons (Fsp3) is 0.500. The highest BCUT2D eigenvalue weighted by atomic mass is 35.5. The van der Waals surface area contributed by atoms with Gasteiger partial charge >= 0.3 is 0 Å². The van der Waals surface area contributed by atoms with Crippen LogP contribution in [-0.2, 0) is 15.9 Å². The van der Waals surface area contributed by atoms with Crippen LogP contribution in [0, 0.1) is 0 Å². The van der Waals surface area contributed by atoms with E-state index in [1.807, 2.05) is 0 Å². The van der Waals surface area contributed by atoms with Crippen LogP contribution in [0.15, 0.2) is 16.3 Å². The Morgan fingerprint density at radius 1 is 1.50 bits per heavy atom. The molecular weight excluding hydrogens is 280 g/mol. The first kappa shape index (κ1) is 13.8. The molecule has 1 aromatic heterocycles. The molecule has 0 aliphatic heterocycles. The highest BCUT2D eigenvalue weighted by Crippen LogP contribution is 2.25. The first-order valence-electron chi connectivity index (χ1n) is 4.27. The minimum atomic E-state index is -3.81. The lowest BCUT2D eigenvalue weighted by Gasteiger charge is -2.14. The maximum atomic E-state index is 12.1. The average Bonchev–Trinajstić information content (AvgIpc) is 2.65. The lowest BCUT2D eigenvalue weighted by Crippen LogP contribution is -2.30. The normalized spacial score (nSPS) is 12.6. The first-order valence-corrected chi connectivity index (χ1v) is 7.06. The van der Waals surface area contributed by atoms with Crippen LogP contribution in [0.5, 0.6) is 0 Å². The second-order valence-corrected chi connectivity index (χ2v) is 6.74. The molecule has 0 aromatic carbocycles. The molecule has 0 radical (unpaired) electrons. The second kappa shape index (κ2) is 5.39. The second-order valence-electron chi connectivity index (χ2n) is 3.03. The van der Waals surface area contributed by atoms with E-state index in [1.165, 1.54) is 6.07 Å². The molecule has 3 nitrogen and oxygen atoms in total. The van der Waals surface area contributed by atoms with Gasteiger partial charge in [0.25, 0.3) is 16.4 Å². The standard InChI is InChI=1S/C8H10ClF2NO2S2/c1-12(5-7(10)11)16(13,14)8-3-2-6(4-9)15-8/h2-3,7H,4-5H2,1H3. The van der Waals surface area contributed by atoms with Gasteiger partial charge < -0.3 is 0 Å². The summed E-state index contributed by atoms with van der Waals surface area (Å²) >= 11 is 6.52. The van der Waals surface area contributed by atoms with Gasteiger partial charge in [-0.25, -0.2) is 17.2 Å². The number of sulfonamides is 1. The molecule has 1 heterocycles. The topological polar surface area (TPSA) is 37.4 Å². The van der Waals surface area contributed by atoms with E-state index in [2.05, 4.69) is 0 Å². The number of hydrogen-bond acceptors (Lipinski definition) is 3. The lowest BCUT2D eigenvalue weighted by atomic mass is 10.5. The third-order valence-electron chi connectivity index (χ3n) is 1.83. The van der Waals surface area contributed by atoms with Gasteiger partial charge in [-0.05, 0) is 12.1 Å². The summed E-state index contributed by atoms with van der Waals surface area (Å²) in [6.07, 6.45) is -2.69. The molecule has 16 heavy (non-hydrogen) atoms. The number of halogens is 3. The average molecular weight is 290 g/mol. The van der Waals surface area contributed by atoms with Gasteiger partial charge in [0.15, 0.2) is 0 Å². The Balaban J connectivity index is 2.92. The van der Waals surface area contributed by atoms with Crippen LogP contribution in [0.2, 0.25) is 0 Å². The zero-order valence-corrected chi connectivity index (χ0v) is 10.7. The number of rotatable bonds is 5. The summed E-state index contributed by atoms with van der Waals surface area (Å²) in [7, 11) is -2.68. The van der Waals surface area contributed by atoms with Crippen LogP contribution in [-0.4, -0.2) is 32.7 Å². The highest BCUT2D eigenvalue weighted by molar-refractivity contribution is 7.91. The van der Waals surface area contributed by atoms with Crippen LogP contribution in [0.1, 0.15) is 4.88 Å². The van der Waals surface area contributed by atoms with Gasteiger partial charge in [-0.2, -0.15) is 4.31 Å². The molecule has 0 atom stereocenters. The van der Waals surface area contributed by atoms with Gasteiger partial charge in [0.2, 0.25) is 0 Å². The van der Waals surface area contributed by atoms with E-state index in [0.717, 1.165) is 18.4 Å². The molecular formula is C8H10ClF2NO2S2. The third kappa shape index (κ3) is 3.13. The maximum absolute atomic E-state index is 12.1. The zero-order valence-electron chi connectivity index (χ0n) is 8.36. The van der Waals surface area contributed by atoms with Crippen molar-refractivity contribution in [3.8, 4) is 0 Å². The SMILES string of the molecule is CN(CC(F)F)S(=O)(=O)c1ccc(CCl)s1. The maximum Gasteiger partial charge on any atom is 0.252 e. The Hall–Kier alpha value is -0.240. The van der Waals surface area contributed by atoms with Crippen molar-refractivity contribution in [2.45, 2.75) is 16.5 Å². The van der Waals surface area contributed by atoms with Gasteiger partial charge in [-0.3, -0.25) is 0 Å². The summed E-state index contributed by atoms with van der Waals surface area (Å²) in [6.45, 7) is -0.809. The molecule has 0 aliphatic carbocycles. The summed E-state index contributed by atoms with van der Waals surface area (Å²) in [4.78, 5) is 0.686. The third-order valence-corrected chi connectivity index (χ3v) is 5.65. The summed E-state index contributed by atoms with van der Waals surface area (Å²) in [5, 5.41) is 0. The van der Waals surface area contributed by atoms with Crippen molar-refractivity contribution in [2.24, 2.45) is 0 Å². The van der Waals surface area contributed by atoms with Crippen LogP contribution in [0.25, 0.3) is 0 Å². The minimum absolute atomic E-state index is 0.0336. The summed E-state index contributed by atoms with van der Waals surface area (Å²) in [5.41, 5.74) is 0. The number of thiophene rings is 1. The molecule has 0 spiro atoms. The predicted molar refractivity (Wildman–Crippen MR) is 59.7 cm³/mol. The van der Waals surface area contributed by atoms with E-state index in [1.54, 1.807) is 6.07 Å². The Morgan fingerprint density at radius 2 is 2.12 bits per heavy atom. The van der Waals surface area contributed by atoms with E-state index in [9.17, 15) is 17.2 Å². The van der Waals surface area contributed by atoms with Crippen molar-refractivity contribution in [1.29, 1.82) is 0 Å². The van der Waals surface area contributed by atoms with Crippen molar-refractivity contribution in [3.63, 3.8) is 0 Å². The van der Waals surface area contributed by atoms with Crippen molar-refractivity contribution < 1.29 is 17.2 Å². The summed E-state index contributed by atoms with van der Waals surface area (Å²) in [5.74, 6) is 0.207. The van der Waals surface area contributed by atoms with E-state index < -0.39 is 23.0 Å². The van der Waals surface area contributed by atoms with E-state index in [0.29, 0.717) is 9.18 Å². The van der Waals surface area contributed by atoms with Gasteiger partial charge in [0, 0.05) is 11.9 Å². The van der Waals surface area contributed by atoms with Gasteiger partial charge in [-0.15, -0.1) is 22.9 Å². The molecule has 0 aliphatic rings.